The molecule has 3 nitrogen and oxygen atoms in total. The van der Waals surface area contributed by atoms with Crippen LogP contribution in [0.15, 0.2) is 12.2 Å². The molecule has 1 saturated heterocycles. The molecule has 13 heavy (non-hydrogen) atoms. The number of carbonyl (C=O) groups excluding carboxylic acids is 1. The Bertz CT molecular complexity index is 218. The molecule has 1 heterocycles. The van der Waals surface area contributed by atoms with Gasteiger partial charge in [-0.3, -0.25) is 4.79 Å². The van der Waals surface area contributed by atoms with Gasteiger partial charge >= 0.3 is 5.97 Å². The third kappa shape index (κ3) is 2.56. The van der Waals surface area contributed by atoms with E-state index in [1.165, 1.54) is 0 Å². The summed E-state index contributed by atoms with van der Waals surface area (Å²) < 4.78 is 10.1. The number of carbonyl (C=O) groups is 1. The molecule has 1 aliphatic carbocycles. The molecule has 3 heteroatoms. The van der Waals surface area contributed by atoms with E-state index in [0.717, 1.165) is 25.9 Å². The summed E-state index contributed by atoms with van der Waals surface area (Å²) >= 11 is 0. The van der Waals surface area contributed by atoms with Gasteiger partial charge in [0.1, 0.15) is 12.7 Å². The van der Waals surface area contributed by atoms with Crippen molar-refractivity contribution in [1.82, 2.24) is 0 Å². The molecular weight excluding hydrogens is 168 g/mol. The number of hydrogen-bond donors (Lipinski definition) is 0. The van der Waals surface area contributed by atoms with E-state index in [0.29, 0.717) is 6.61 Å². The number of allylic oxidation sites excluding steroid dienone is 2. The number of esters is 1. The summed E-state index contributed by atoms with van der Waals surface area (Å²) in [7, 11) is 0. The monoisotopic (exact) mass is 182 g/mol. The van der Waals surface area contributed by atoms with E-state index < -0.39 is 0 Å². The molecule has 2 atom stereocenters. The average Bonchev–Trinajstić information content (AvgIpc) is 2.99. The average molecular weight is 182 g/mol. The molecule has 0 spiro atoms. The maximum atomic E-state index is 11.4. The van der Waals surface area contributed by atoms with E-state index in [9.17, 15) is 4.79 Å². The van der Waals surface area contributed by atoms with Crippen LogP contribution in [0.5, 0.6) is 0 Å². The smallest absolute Gasteiger partial charge is 0.309 e. The summed E-state index contributed by atoms with van der Waals surface area (Å²) in [5.41, 5.74) is 0. The van der Waals surface area contributed by atoms with Gasteiger partial charge in [-0.1, -0.05) is 12.2 Å². The zero-order chi connectivity index (χ0) is 9.10. The Hall–Kier alpha value is -0.830. The Balaban J connectivity index is 1.71. The maximum Gasteiger partial charge on any atom is 0.309 e. The van der Waals surface area contributed by atoms with Crippen molar-refractivity contribution in [2.45, 2.75) is 25.4 Å². The van der Waals surface area contributed by atoms with Crippen molar-refractivity contribution in [3.8, 4) is 0 Å². The van der Waals surface area contributed by atoms with Gasteiger partial charge in [0.15, 0.2) is 0 Å². The summed E-state index contributed by atoms with van der Waals surface area (Å²) in [5, 5.41) is 0. The molecule has 0 amide bonds. The van der Waals surface area contributed by atoms with E-state index in [4.69, 9.17) is 9.47 Å². The van der Waals surface area contributed by atoms with E-state index >= 15 is 0 Å². The second-order valence-corrected chi connectivity index (χ2v) is 3.57. The molecule has 0 radical (unpaired) electrons. The first-order valence-electron chi connectivity index (χ1n) is 4.79. The highest BCUT2D eigenvalue weighted by molar-refractivity contribution is 5.72. The molecule has 0 aromatic rings. The molecule has 2 unspecified atom stereocenters. The summed E-state index contributed by atoms with van der Waals surface area (Å²) in [6.45, 7) is 1.19. The van der Waals surface area contributed by atoms with Crippen LogP contribution in [0, 0.1) is 5.92 Å². The highest BCUT2D eigenvalue weighted by Crippen LogP contribution is 2.20. The van der Waals surface area contributed by atoms with Gasteiger partial charge in [-0.15, -0.1) is 0 Å². The van der Waals surface area contributed by atoms with Crippen LogP contribution in [-0.2, 0) is 14.3 Å². The van der Waals surface area contributed by atoms with E-state index in [-0.39, 0.29) is 18.0 Å². The van der Waals surface area contributed by atoms with Gasteiger partial charge in [0.2, 0.25) is 0 Å². The van der Waals surface area contributed by atoms with Crippen LogP contribution in [0.1, 0.15) is 19.3 Å². The van der Waals surface area contributed by atoms with Gasteiger partial charge in [0.25, 0.3) is 0 Å². The highest BCUT2D eigenvalue weighted by atomic mass is 16.6. The number of ether oxygens (including phenoxy) is 2. The second kappa shape index (κ2) is 3.92. The van der Waals surface area contributed by atoms with E-state index in [2.05, 4.69) is 12.2 Å². The normalized spacial score (nSPS) is 31.4. The predicted octanol–water partition coefficient (Wildman–Crippen LogP) is 1.28. The van der Waals surface area contributed by atoms with E-state index in [1.54, 1.807) is 0 Å². The minimum Gasteiger partial charge on any atom is -0.463 e. The lowest BCUT2D eigenvalue weighted by Crippen LogP contribution is -2.20. The first kappa shape index (κ1) is 8.75. The van der Waals surface area contributed by atoms with Crippen LogP contribution >= 0.6 is 0 Å². The fourth-order valence-electron chi connectivity index (χ4n) is 1.46. The standard InChI is InChI=1S/C10H14O3/c11-10(13-7-9-6-12-9)8-4-2-1-3-5-8/h1-2,8-9H,3-7H2. The Labute approximate surface area is 77.7 Å². The highest BCUT2D eigenvalue weighted by Gasteiger charge is 2.26. The number of epoxide rings is 1. The molecule has 1 fully saturated rings. The van der Waals surface area contributed by atoms with Crippen LogP contribution in [-0.4, -0.2) is 25.3 Å². The van der Waals surface area contributed by atoms with Crippen LogP contribution in [0.4, 0.5) is 0 Å². The molecule has 0 bridgehead atoms. The van der Waals surface area contributed by atoms with Gasteiger partial charge in [-0.05, 0) is 19.3 Å². The Morgan fingerprint density at radius 1 is 1.54 bits per heavy atom. The molecule has 0 N–H and O–H groups in total. The number of hydrogen-bond acceptors (Lipinski definition) is 3. The van der Waals surface area contributed by atoms with E-state index in [1.807, 2.05) is 0 Å². The topological polar surface area (TPSA) is 38.8 Å². The summed E-state index contributed by atoms with van der Waals surface area (Å²) in [5.74, 6) is 0.0311. The molecule has 72 valence electrons. The van der Waals surface area contributed by atoms with Crippen LogP contribution < -0.4 is 0 Å². The fourth-order valence-corrected chi connectivity index (χ4v) is 1.46. The molecule has 0 aromatic heterocycles. The lowest BCUT2D eigenvalue weighted by Gasteiger charge is -2.15. The minimum absolute atomic E-state index is 0.0557. The lowest BCUT2D eigenvalue weighted by molar-refractivity contribution is -0.149. The van der Waals surface area contributed by atoms with Gasteiger partial charge < -0.3 is 9.47 Å². The summed E-state index contributed by atoms with van der Waals surface area (Å²) in [6, 6.07) is 0. The molecular formula is C10H14O3. The lowest BCUT2D eigenvalue weighted by atomic mass is 9.95. The predicted molar refractivity (Wildman–Crippen MR) is 47.2 cm³/mol. The van der Waals surface area contributed by atoms with Gasteiger partial charge in [0, 0.05) is 0 Å². The third-order valence-corrected chi connectivity index (χ3v) is 2.42. The quantitative estimate of drug-likeness (QED) is 0.375. The minimum atomic E-state index is -0.0557. The molecule has 0 saturated carbocycles. The Morgan fingerprint density at radius 3 is 3.00 bits per heavy atom. The summed E-state index contributed by atoms with van der Waals surface area (Å²) in [6.07, 6.45) is 7.13. The molecule has 1 aliphatic heterocycles. The zero-order valence-electron chi connectivity index (χ0n) is 7.57. The zero-order valence-corrected chi connectivity index (χ0v) is 7.57. The van der Waals surface area contributed by atoms with Crippen molar-refractivity contribution in [3.05, 3.63) is 12.2 Å². The van der Waals surface area contributed by atoms with Crippen molar-refractivity contribution < 1.29 is 14.3 Å². The van der Waals surface area contributed by atoms with Gasteiger partial charge in [0.05, 0.1) is 12.5 Å². The third-order valence-electron chi connectivity index (χ3n) is 2.42. The fraction of sp³-hybridized carbons (Fsp3) is 0.700. The Kier molecular flexibility index (Phi) is 2.64. The first-order chi connectivity index (χ1) is 6.36. The first-order valence-corrected chi connectivity index (χ1v) is 4.79. The van der Waals surface area contributed by atoms with Crippen molar-refractivity contribution in [1.29, 1.82) is 0 Å². The molecule has 2 rings (SSSR count). The largest absolute Gasteiger partial charge is 0.463 e. The maximum absolute atomic E-state index is 11.4. The van der Waals surface area contributed by atoms with Crippen LogP contribution in [0.2, 0.25) is 0 Å². The van der Waals surface area contributed by atoms with Crippen molar-refractivity contribution in [2.24, 2.45) is 5.92 Å². The SMILES string of the molecule is O=C(OCC1CO1)C1CC=CCC1. The second-order valence-electron chi connectivity index (χ2n) is 3.57. The van der Waals surface area contributed by atoms with Crippen LogP contribution in [0.25, 0.3) is 0 Å². The van der Waals surface area contributed by atoms with Crippen molar-refractivity contribution in [3.63, 3.8) is 0 Å². The van der Waals surface area contributed by atoms with Crippen molar-refractivity contribution in [2.75, 3.05) is 13.2 Å². The summed E-state index contributed by atoms with van der Waals surface area (Å²) in [4.78, 5) is 11.4. The Morgan fingerprint density at radius 2 is 2.38 bits per heavy atom. The number of rotatable bonds is 3. The van der Waals surface area contributed by atoms with Gasteiger partial charge in [-0.2, -0.15) is 0 Å². The van der Waals surface area contributed by atoms with Gasteiger partial charge in [-0.25, -0.2) is 0 Å². The molecule has 2 aliphatic rings. The van der Waals surface area contributed by atoms with Crippen LogP contribution in [0.3, 0.4) is 0 Å². The van der Waals surface area contributed by atoms with Crippen molar-refractivity contribution >= 4 is 5.97 Å². The molecule has 0 aromatic carbocycles.